The van der Waals surface area contributed by atoms with E-state index in [0.717, 1.165) is 22.9 Å². The van der Waals surface area contributed by atoms with Gasteiger partial charge in [-0.2, -0.15) is 0 Å². The molecule has 2 aromatic carbocycles. The third-order valence-electron chi connectivity index (χ3n) is 4.50. The van der Waals surface area contributed by atoms with Gasteiger partial charge in [-0.3, -0.25) is 0 Å². The van der Waals surface area contributed by atoms with Crippen LogP contribution >= 0.6 is 15.9 Å². The van der Waals surface area contributed by atoms with Gasteiger partial charge in [0.05, 0.1) is 0 Å². The standard InChI is InChI=1S/C20H20BrFO/c21-17-9-7-15(8-10-17)18-5-3-1-2-4-16(18)12-14-6-11-20(23)19(22)13-14/h6-13,18,23H,1-5H2. The molecule has 1 atom stereocenters. The second kappa shape index (κ2) is 7.31. The van der Waals surface area contributed by atoms with Crippen molar-refractivity contribution < 1.29 is 9.50 Å². The van der Waals surface area contributed by atoms with Crippen LogP contribution in [0.2, 0.25) is 0 Å². The van der Waals surface area contributed by atoms with Crippen molar-refractivity contribution in [2.24, 2.45) is 0 Å². The highest BCUT2D eigenvalue weighted by molar-refractivity contribution is 9.10. The Morgan fingerprint density at radius 3 is 2.57 bits per heavy atom. The normalized spacial score (nSPS) is 20.4. The van der Waals surface area contributed by atoms with E-state index in [4.69, 9.17) is 0 Å². The van der Waals surface area contributed by atoms with E-state index in [1.54, 1.807) is 6.07 Å². The van der Waals surface area contributed by atoms with Crippen LogP contribution in [0.15, 0.2) is 52.5 Å². The molecule has 1 aliphatic rings. The molecule has 1 saturated carbocycles. The Morgan fingerprint density at radius 2 is 1.83 bits per heavy atom. The zero-order valence-corrected chi connectivity index (χ0v) is 14.5. The topological polar surface area (TPSA) is 20.2 Å². The van der Waals surface area contributed by atoms with Crippen molar-refractivity contribution in [3.05, 3.63) is 69.5 Å². The molecule has 1 aliphatic carbocycles. The van der Waals surface area contributed by atoms with E-state index in [1.807, 2.05) is 0 Å². The number of hydrogen-bond acceptors (Lipinski definition) is 1. The van der Waals surface area contributed by atoms with Crippen LogP contribution in [-0.2, 0) is 0 Å². The van der Waals surface area contributed by atoms with Gasteiger partial charge in [-0.05, 0) is 54.7 Å². The van der Waals surface area contributed by atoms with Crippen molar-refractivity contribution in [2.45, 2.75) is 38.0 Å². The lowest BCUT2D eigenvalue weighted by atomic mass is 9.86. The molecule has 0 bridgehead atoms. The van der Waals surface area contributed by atoms with Gasteiger partial charge < -0.3 is 5.11 Å². The van der Waals surface area contributed by atoms with Crippen molar-refractivity contribution in [2.75, 3.05) is 0 Å². The van der Waals surface area contributed by atoms with E-state index in [2.05, 4.69) is 46.3 Å². The van der Waals surface area contributed by atoms with Gasteiger partial charge in [-0.15, -0.1) is 0 Å². The van der Waals surface area contributed by atoms with Crippen LogP contribution in [0.5, 0.6) is 5.75 Å². The quantitative estimate of drug-likeness (QED) is 0.600. The van der Waals surface area contributed by atoms with Crippen LogP contribution in [0.25, 0.3) is 6.08 Å². The maximum absolute atomic E-state index is 13.6. The van der Waals surface area contributed by atoms with Gasteiger partial charge >= 0.3 is 0 Å². The van der Waals surface area contributed by atoms with Gasteiger partial charge in [0, 0.05) is 10.4 Å². The molecule has 0 radical (unpaired) electrons. The van der Waals surface area contributed by atoms with E-state index in [0.29, 0.717) is 5.92 Å². The van der Waals surface area contributed by atoms with Gasteiger partial charge in [0.15, 0.2) is 11.6 Å². The number of benzene rings is 2. The maximum Gasteiger partial charge on any atom is 0.165 e. The highest BCUT2D eigenvalue weighted by Gasteiger charge is 2.19. The number of aromatic hydroxyl groups is 1. The minimum absolute atomic E-state index is 0.294. The summed E-state index contributed by atoms with van der Waals surface area (Å²) in [5.74, 6) is -0.465. The summed E-state index contributed by atoms with van der Waals surface area (Å²) in [6.45, 7) is 0. The lowest BCUT2D eigenvalue weighted by Crippen LogP contribution is -2.01. The summed E-state index contributed by atoms with van der Waals surface area (Å²) in [5, 5.41) is 9.35. The number of halogens is 2. The smallest absolute Gasteiger partial charge is 0.165 e. The average molecular weight is 375 g/mol. The zero-order chi connectivity index (χ0) is 16.2. The summed E-state index contributed by atoms with van der Waals surface area (Å²) in [7, 11) is 0. The van der Waals surface area contributed by atoms with Crippen LogP contribution in [0, 0.1) is 5.82 Å². The van der Waals surface area contributed by atoms with Crippen molar-refractivity contribution >= 4 is 22.0 Å². The molecule has 0 amide bonds. The summed E-state index contributed by atoms with van der Waals surface area (Å²) in [6, 6.07) is 13.1. The number of phenols is 1. The molecule has 0 spiro atoms. The van der Waals surface area contributed by atoms with Crippen LogP contribution in [-0.4, -0.2) is 5.11 Å². The number of hydrogen-bond donors (Lipinski definition) is 1. The molecule has 1 fully saturated rings. The van der Waals surface area contributed by atoms with Crippen LogP contribution in [0.3, 0.4) is 0 Å². The van der Waals surface area contributed by atoms with Gasteiger partial charge in [0.25, 0.3) is 0 Å². The van der Waals surface area contributed by atoms with Gasteiger partial charge in [-0.25, -0.2) is 4.39 Å². The van der Waals surface area contributed by atoms with E-state index >= 15 is 0 Å². The summed E-state index contributed by atoms with van der Waals surface area (Å²) in [6.07, 6.45) is 7.92. The maximum atomic E-state index is 13.6. The molecule has 1 nitrogen and oxygen atoms in total. The highest BCUT2D eigenvalue weighted by atomic mass is 79.9. The lowest BCUT2D eigenvalue weighted by molar-refractivity contribution is 0.432. The summed E-state index contributed by atoms with van der Waals surface area (Å²) in [4.78, 5) is 0. The Bertz CT molecular complexity index is 706. The zero-order valence-electron chi connectivity index (χ0n) is 12.9. The number of phenolic OH excluding ortho intramolecular Hbond substituents is 1. The lowest BCUT2D eigenvalue weighted by Gasteiger charge is -2.19. The molecule has 3 heteroatoms. The van der Waals surface area contributed by atoms with Gasteiger partial charge in [0.2, 0.25) is 0 Å². The SMILES string of the molecule is Oc1ccc(C=C2CCCCCC2c2ccc(Br)cc2)cc1F. The third kappa shape index (κ3) is 4.03. The Kier molecular flexibility index (Phi) is 5.16. The van der Waals surface area contributed by atoms with E-state index in [9.17, 15) is 9.50 Å². The first-order valence-electron chi connectivity index (χ1n) is 8.08. The summed E-state index contributed by atoms with van der Waals surface area (Å²) >= 11 is 3.49. The van der Waals surface area contributed by atoms with E-state index < -0.39 is 5.82 Å². The van der Waals surface area contributed by atoms with Crippen molar-refractivity contribution in [1.29, 1.82) is 0 Å². The first-order chi connectivity index (χ1) is 11.1. The molecule has 0 saturated heterocycles. The fourth-order valence-corrected chi connectivity index (χ4v) is 3.55. The Labute approximate surface area is 145 Å². The molecular weight excluding hydrogens is 355 g/mol. The van der Waals surface area contributed by atoms with Crippen molar-refractivity contribution in [3.8, 4) is 5.75 Å². The minimum atomic E-state index is -0.562. The molecule has 1 N–H and O–H groups in total. The van der Waals surface area contributed by atoms with E-state index in [1.165, 1.54) is 42.5 Å². The monoisotopic (exact) mass is 374 g/mol. The number of allylic oxidation sites excluding steroid dienone is 1. The van der Waals surface area contributed by atoms with Crippen molar-refractivity contribution in [3.63, 3.8) is 0 Å². The molecule has 3 rings (SSSR count). The van der Waals surface area contributed by atoms with Crippen molar-refractivity contribution in [1.82, 2.24) is 0 Å². The predicted octanol–water partition coefficient (Wildman–Crippen LogP) is 6.43. The van der Waals surface area contributed by atoms with Crippen LogP contribution in [0.1, 0.15) is 49.1 Å². The average Bonchev–Trinajstić information content (AvgIpc) is 2.77. The Hall–Kier alpha value is -1.61. The molecule has 1 unspecified atom stereocenters. The molecule has 0 heterocycles. The van der Waals surface area contributed by atoms with Crippen LogP contribution < -0.4 is 0 Å². The predicted molar refractivity (Wildman–Crippen MR) is 96.0 cm³/mol. The second-order valence-corrected chi connectivity index (χ2v) is 7.05. The molecule has 120 valence electrons. The molecule has 2 aromatic rings. The molecule has 0 aliphatic heterocycles. The first kappa shape index (κ1) is 16.3. The Morgan fingerprint density at radius 1 is 1.04 bits per heavy atom. The fraction of sp³-hybridized carbons (Fsp3) is 0.300. The molecular formula is C20H20BrFO. The number of rotatable bonds is 2. The van der Waals surface area contributed by atoms with Gasteiger partial charge in [0.1, 0.15) is 0 Å². The first-order valence-corrected chi connectivity index (χ1v) is 8.87. The third-order valence-corrected chi connectivity index (χ3v) is 5.03. The van der Waals surface area contributed by atoms with Gasteiger partial charge in [-0.1, -0.05) is 58.6 Å². The molecule has 0 aromatic heterocycles. The summed E-state index contributed by atoms with van der Waals surface area (Å²) in [5.41, 5.74) is 3.50. The largest absolute Gasteiger partial charge is 0.505 e. The fourth-order valence-electron chi connectivity index (χ4n) is 3.29. The molecule has 23 heavy (non-hydrogen) atoms. The minimum Gasteiger partial charge on any atom is -0.505 e. The van der Waals surface area contributed by atoms with Crippen LogP contribution in [0.4, 0.5) is 4.39 Å². The highest BCUT2D eigenvalue weighted by Crippen LogP contribution is 2.37. The Balaban J connectivity index is 1.96. The van der Waals surface area contributed by atoms with E-state index in [-0.39, 0.29) is 5.75 Å². The summed E-state index contributed by atoms with van der Waals surface area (Å²) < 4.78 is 14.7. The second-order valence-electron chi connectivity index (χ2n) is 6.13.